The number of rotatable bonds is 4. The number of hydrogen-bond acceptors (Lipinski definition) is 5. The number of amides is 1. The minimum atomic E-state index is -0.421. The number of ether oxygens (including phenoxy) is 2. The Bertz CT molecular complexity index is 893. The average molecular weight is 394 g/mol. The highest BCUT2D eigenvalue weighted by Crippen LogP contribution is 2.36. The first kappa shape index (κ1) is 19.0. The summed E-state index contributed by atoms with van der Waals surface area (Å²) in [5, 5.41) is 12.5. The Morgan fingerprint density at radius 1 is 1.04 bits per heavy atom. The second kappa shape index (κ2) is 8.36. The maximum Gasteiger partial charge on any atom is 0.252 e. The summed E-state index contributed by atoms with van der Waals surface area (Å²) in [5.74, 6) is -0.498. The van der Waals surface area contributed by atoms with Crippen molar-refractivity contribution in [3.63, 3.8) is 0 Å². The molecule has 28 heavy (non-hydrogen) atoms. The molecule has 0 bridgehead atoms. The Labute approximate surface area is 169 Å². The van der Waals surface area contributed by atoms with Gasteiger partial charge in [-0.2, -0.15) is 5.26 Å². The molecule has 1 aliphatic carbocycles. The van der Waals surface area contributed by atoms with E-state index in [4.69, 9.17) is 9.47 Å². The molecule has 1 N–H and O–H groups in total. The lowest BCUT2D eigenvalue weighted by molar-refractivity contribution is -0.179. The van der Waals surface area contributed by atoms with Crippen LogP contribution in [0, 0.1) is 11.3 Å². The molecule has 2 aromatic carbocycles. The summed E-state index contributed by atoms with van der Waals surface area (Å²) < 4.78 is 11.5. The lowest BCUT2D eigenvalue weighted by Crippen LogP contribution is -2.44. The number of nitriles is 1. The molecule has 1 saturated heterocycles. The second-order valence-electron chi connectivity index (χ2n) is 7.06. The van der Waals surface area contributed by atoms with E-state index in [-0.39, 0.29) is 11.9 Å². The van der Waals surface area contributed by atoms with Crippen molar-refractivity contribution < 1.29 is 14.3 Å². The summed E-state index contributed by atoms with van der Waals surface area (Å²) >= 11 is 1.45. The normalized spacial score (nSPS) is 18.7. The molecule has 0 aromatic heterocycles. The van der Waals surface area contributed by atoms with E-state index in [1.165, 1.54) is 11.8 Å². The monoisotopic (exact) mass is 394 g/mol. The van der Waals surface area contributed by atoms with Crippen LogP contribution in [-0.2, 0) is 9.47 Å². The molecule has 0 atom stereocenters. The predicted octanol–water partition coefficient (Wildman–Crippen LogP) is 4.12. The molecule has 144 valence electrons. The molecule has 1 spiro atoms. The van der Waals surface area contributed by atoms with Gasteiger partial charge in [0, 0.05) is 28.7 Å². The van der Waals surface area contributed by atoms with Crippen molar-refractivity contribution in [1.29, 1.82) is 5.26 Å². The first-order valence-corrected chi connectivity index (χ1v) is 10.4. The Morgan fingerprint density at radius 2 is 1.68 bits per heavy atom. The van der Waals surface area contributed by atoms with E-state index in [1.807, 2.05) is 42.5 Å². The van der Waals surface area contributed by atoms with Gasteiger partial charge in [0.1, 0.15) is 6.07 Å². The summed E-state index contributed by atoms with van der Waals surface area (Å²) in [4.78, 5) is 14.6. The highest BCUT2D eigenvalue weighted by atomic mass is 32.2. The highest BCUT2D eigenvalue weighted by Gasteiger charge is 2.40. The number of hydrogen-bond donors (Lipinski definition) is 1. The van der Waals surface area contributed by atoms with Crippen molar-refractivity contribution in [2.75, 3.05) is 13.2 Å². The molecule has 1 heterocycles. The number of nitrogens with one attached hydrogen (secondary N) is 1. The van der Waals surface area contributed by atoms with Crippen LogP contribution in [-0.4, -0.2) is 30.9 Å². The van der Waals surface area contributed by atoms with Gasteiger partial charge in [0.2, 0.25) is 0 Å². The summed E-state index contributed by atoms with van der Waals surface area (Å²) in [6.07, 6.45) is 3.31. The zero-order valence-corrected chi connectivity index (χ0v) is 16.3. The lowest BCUT2D eigenvalue weighted by Gasteiger charge is -2.35. The van der Waals surface area contributed by atoms with Gasteiger partial charge >= 0.3 is 0 Å². The smallest absolute Gasteiger partial charge is 0.252 e. The van der Waals surface area contributed by atoms with Gasteiger partial charge in [0.25, 0.3) is 5.91 Å². The van der Waals surface area contributed by atoms with Gasteiger partial charge < -0.3 is 14.8 Å². The zero-order chi connectivity index (χ0) is 19.4. The minimum absolute atomic E-state index is 0.0771. The number of nitrogens with zero attached hydrogens (tertiary/aromatic N) is 1. The predicted molar refractivity (Wildman–Crippen MR) is 106 cm³/mol. The van der Waals surface area contributed by atoms with Crippen molar-refractivity contribution in [3.05, 3.63) is 59.7 Å². The molecule has 5 nitrogen and oxygen atoms in total. The lowest BCUT2D eigenvalue weighted by atomic mass is 9.90. The van der Waals surface area contributed by atoms with Crippen LogP contribution >= 0.6 is 11.8 Å². The van der Waals surface area contributed by atoms with E-state index in [9.17, 15) is 10.1 Å². The fraction of sp³-hybridized carbons (Fsp3) is 0.364. The standard InChI is InChI=1S/C22H22N2O3S/c23-15-16-5-1-3-7-19(16)28-20-8-4-2-6-18(20)21(25)24-17-9-11-22(12-10-17)26-13-14-27-22/h1-8,17H,9-14H2,(H,24,25). The Balaban J connectivity index is 1.44. The van der Waals surface area contributed by atoms with E-state index < -0.39 is 5.79 Å². The van der Waals surface area contributed by atoms with Crippen molar-refractivity contribution >= 4 is 17.7 Å². The van der Waals surface area contributed by atoms with Crippen LogP contribution in [0.3, 0.4) is 0 Å². The van der Waals surface area contributed by atoms with Crippen molar-refractivity contribution in [3.8, 4) is 6.07 Å². The molecule has 4 rings (SSSR count). The molecule has 2 aliphatic rings. The topological polar surface area (TPSA) is 71.4 Å². The molecular formula is C22H22N2O3S. The molecule has 1 aliphatic heterocycles. The maximum atomic E-state index is 12.9. The van der Waals surface area contributed by atoms with E-state index in [1.54, 1.807) is 6.07 Å². The van der Waals surface area contributed by atoms with Gasteiger partial charge in [-0.3, -0.25) is 4.79 Å². The fourth-order valence-corrected chi connectivity index (χ4v) is 4.78. The van der Waals surface area contributed by atoms with Gasteiger partial charge in [-0.1, -0.05) is 36.0 Å². The number of carbonyl (C=O) groups is 1. The second-order valence-corrected chi connectivity index (χ2v) is 8.15. The average Bonchev–Trinajstić information content (AvgIpc) is 3.19. The third-order valence-corrected chi connectivity index (χ3v) is 6.41. The van der Waals surface area contributed by atoms with Crippen LogP contribution in [0.1, 0.15) is 41.6 Å². The molecule has 1 saturated carbocycles. The van der Waals surface area contributed by atoms with E-state index in [2.05, 4.69) is 11.4 Å². The van der Waals surface area contributed by atoms with Gasteiger partial charge in [0.15, 0.2) is 5.79 Å². The van der Waals surface area contributed by atoms with Crippen LogP contribution < -0.4 is 5.32 Å². The van der Waals surface area contributed by atoms with Gasteiger partial charge in [0.05, 0.1) is 24.3 Å². The minimum Gasteiger partial charge on any atom is -0.349 e. The van der Waals surface area contributed by atoms with Crippen molar-refractivity contribution in [2.24, 2.45) is 0 Å². The highest BCUT2D eigenvalue weighted by molar-refractivity contribution is 7.99. The van der Waals surface area contributed by atoms with Crippen LogP contribution in [0.5, 0.6) is 0 Å². The van der Waals surface area contributed by atoms with E-state index >= 15 is 0 Å². The van der Waals surface area contributed by atoms with Gasteiger partial charge in [-0.25, -0.2) is 0 Å². The summed E-state index contributed by atoms with van der Waals surface area (Å²) in [7, 11) is 0. The molecular weight excluding hydrogens is 372 g/mol. The third-order valence-electron chi connectivity index (χ3n) is 5.26. The van der Waals surface area contributed by atoms with Crippen LogP contribution in [0.4, 0.5) is 0 Å². The van der Waals surface area contributed by atoms with E-state index in [0.717, 1.165) is 35.5 Å². The van der Waals surface area contributed by atoms with Gasteiger partial charge in [-0.15, -0.1) is 0 Å². The van der Waals surface area contributed by atoms with Crippen molar-refractivity contribution in [2.45, 2.75) is 47.3 Å². The summed E-state index contributed by atoms with van der Waals surface area (Å²) in [6, 6.07) is 17.3. The Morgan fingerprint density at radius 3 is 2.39 bits per heavy atom. The molecule has 0 radical (unpaired) electrons. The third kappa shape index (κ3) is 4.07. The van der Waals surface area contributed by atoms with Crippen LogP contribution in [0.2, 0.25) is 0 Å². The largest absolute Gasteiger partial charge is 0.349 e. The van der Waals surface area contributed by atoms with E-state index in [0.29, 0.717) is 24.3 Å². The zero-order valence-electron chi connectivity index (χ0n) is 15.5. The maximum absolute atomic E-state index is 12.9. The summed E-state index contributed by atoms with van der Waals surface area (Å²) in [6.45, 7) is 1.32. The molecule has 0 unspecified atom stereocenters. The molecule has 1 amide bonds. The molecule has 2 aromatic rings. The first-order valence-electron chi connectivity index (χ1n) is 9.54. The Kier molecular flexibility index (Phi) is 5.67. The summed E-state index contributed by atoms with van der Waals surface area (Å²) in [5.41, 5.74) is 1.24. The molecule has 2 fully saturated rings. The van der Waals surface area contributed by atoms with Gasteiger partial charge in [-0.05, 0) is 37.1 Å². The first-order chi connectivity index (χ1) is 13.7. The molecule has 6 heteroatoms. The van der Waals surface area contributed by atoms with Crippen LogP contribution in [0.25, 0.3) is 0 Å². The Hall–Kier alpha value is -2.33. The fourth-order valence-electron chi connectivity index (χ4n) is 3.76. The number of carbonyl (C=O) groups excluding carboxylic acids is 1. The number of benzene rings is 2. The van der Waals surface area contributed by atoms with Crippen LogP contribution in [0.15, 0.2) is 58.3 Å². The SMILES string of the molecule is N#Cc1ccccc1Sc1ccccc1C(=O)NC1CCC2(CC1)OCCO2. The van der Waals surface area contributed by atoms with Crippen molar-refractivity contribution in [1.82, 2.24) is 5.32 Å². The quantitative estimate of drug-likeness (QED) is 0.844.